The molecule has 2 aliphatic rings. The van der Waals surface area contributed by atoms with E-state index in [1.54, 1.807) is 4.31 Å². The number of hydrogen-bond donors (Lipinski definition) is 0. The molecule has 0 aromatic heterocycles. The van der Waals surface area contributed by atoms with Crippen LogP contribution in [0, 0.1) is 11.8 Å². The minimum Gasteiger partial charge on any atom is -0.381 e. The Morgan fingerprint density at radius 2 is 1.85 bits per heavy atom. The molecule has 20 heavy (non-hydrogen) atoms. The quantitative estimate of drug-likeness (QED) is 0.735. The molecule has 1 atom stereocenters. The highest BCUT2D eigenvalue weighted by atomic mass is 32.2. The minimum absolute atomic E-state index is 0.200. The van der Waals surface area contributed by atoms with Gasteiger partial charge in [0.25, 0.3) is 0 Å². The zero-order valence-electron chi connectivity index (χ0n) is 12.8. The van der Waals surface area contributed by atoms with Crippen molar-refractivity contribution in [3.8, 4) is 0 Å². The normalized spacial score (nSPS) is 26.4. The van der Waals surface area contributed by atoms with Gasteiger partial charge in [0.1, 0.15) is 0 Å². The Morgan fingerprint density at radius 1 is 1.15 bits per heavy atom. The molecular weight excluding hydrogens is 276 g/mol. The fourth-order valence-electron chi connectivity index (χ4n) is 3.03. The molecule has 0 aliphatic carbocycles. The molecule has 118 valence electrons. The van der Waals surface area contributed by atoms with Gasteiger partial charge in [-0.2, -0.15) is 0 Å². The Morgan fingerprint density at radius 3 is 2.40 bits per heavy atom. The highest BCUT2D eigenvalue weighted by Crippen LogP contribution is 2.24. The predicted molar refractivity (Wildman–Crippen MR) is 80.2 cm³/mol. The maximum absolute atomic E-state index is 12.4. The van der Waals surface area contributed by atoms with Crippen LogP contribution >= 0.6 is 0 Å². The van der Waals surface area contributed by atoms with Crippen LogP contribution in [0.4, 0.5) is 0 Å². The summed E-state index contributed by atoms with van der Waals surface area (Å²) in [5.41, 5.74) is 0. The number of piperidine rings is 1. The van der Waals surface area contributed by atoms with Crippen LogP contribution in [0.15, 0.2) is 0 Å². The SMILES string of the molecule is CN(C)CCC1CCN(S(=O)(=O)C[C@@H]2CCOC2)CC1. The lowest BCUT2D eigenvalue weighted by molar-refractivity contribution is 0.188. The van der Waals surface area contributed by atoms with Crippen molar-refractivity contribution in [1.82, 2.24) is 9.21 Å². The number of rotatable bonds is 6. The molecule has 0 aromatic carbocycles. The molecule has 0 unspecified atom stereocenters. The van der Waals surface area contributed by atoms with Gasteiger partial charge >= 0.3 is 0 Å². The van der Waals surface area contributed by atoms with Gasteiger partial charge in [0, 0.05) is 19.7 Å². The van der Waals surface area contributed by atoms with Gasteiger partial charge in [-0.3, -0.25) is 0 Å². The summed E-state index contributed by atoms with van der Waals surface area (Å²) in [6.07, 6.45) is 4.08. The number of sulfonamides is 1. The van der Waals surface area contributed by atoms with Crippen LogP contribution in [0.2, 0.25) is 0 Å². The first-order valence-electron chi connectivity index (χ1n) is 7.67. The summed E-state index contributed by atoms with van der Waals surface area (Å²) < 4.78 is 31.7. The molecule has 2 fully saturated rings. The number of nitrogens with zero attached hydrogens (tertiary/aromatic N) is 2. The molecule has 0 saturated carbocycles. The van der Waals surface area contributed by atoms with Gasteiger partial charge in [0.2, 0.25) is 10.0 Å². The summed E-state index contributed by atoms with van der Waals surface area (Å²) in [5, 5.41) is 0. The highest BCUT2D eigenvalue weighted by Gasteiger charge is 2.31. The van der Waals surface area contributed by atoms with Crippen LogP contribution in [-0.2, 0) is 14.8 Å². The van der Waals surface area contributed by atoms with E-state index in [1.165, 1.54) is 6.42 Å². The van der Waals surface area contributed by atoms with Crippen LogP contribution in [0.3, 0.4) is 0 Å². The largest absolute Gasteiger partial charge is 0.381 e. The zero-order chi connectivity index (χ0) is 14.6. The molecule has 0 bridgehead atoms. The first kappa shape index (κ1) is 16.2. The molecule has 2 rings (SSSR count). The minimum atomic E-state index is -3.08. The van der Waals surface area contributed by atoms with Gasteiger partial charge in [-0.25, -0.2) is 12.7 Å². The Hall–Kier alpha value is -0.170. The molecule has 0 N–H and O–H groups in total. The first-order valence-corrected chi connectivity index (χ1v) is 9.28. The maximum Gasteiger partial charge on any atom is 0.214 e. The standard InChI is InChI=1S/C14H28N2O3S/c1-15(2)7-3-13-4-8-16(9-5-13)20(17,18)12-14-6-10-19-11-14/h13-14H,3-12H2,1-2H3/t14-/m1/s1. The second kappa shape index (κ2) is 7.20. The lowest BCUT2D eigenvalue weighted by Crippen LogP contribution is -2.41. The molecule has 0 amide bonds. The average Bonchev–Trinajstić information content (AvgIpc) is 2.89. The molecule has 0 aromatic rings. The molecule has 2 heterocycles. The van der Waals surface area contributed by atoms with Crippen LogP contribution < -0.4 is 0 Å². The summed E-state index contributed by atoms with van der Waals surface area (Å²) in [6, 6.07) is 0. The van der Waals surface area contributed by atoms with Crippen LogP contribution in [0.25, 0.3) is 0 Å². The number of hydrogen-bond acceptors (Lipinski definition) is 4. The van der Waals surface area contributed by atoms with Crippen molar-refractivity contribution in [1.29, 1.82) is 0 Å². The van der Waals surface area contributed by atoms with E-state index in [2.05, 4.69) is 19.0 Å². The molecular formula is C14H28N2O3S. The van der Waals surface area contributed by atoms with E-state index in [0.29, 0.717) is 32.2 Å². The van der Waals surface area contributed by atoms with Crippen molar-refractivity contribution < 1.29 is 13.2 Å². The van der Waals surface area contributed by atoms with Crippen molar-refractivity contribution in [2.75, 3.05) is 52.7 Å². The third kappa shape index (κ3) is 4.69. The predicted octanol–water partition coefficient (Wildman–Crippen LogP) is 1.02. The monoisotopic (exact) mass is 304 g/mol. The van der Waals surface area contributed by atoms with E-state index < -0.39 is 10.0 Å². The average molecular weight is 304 g/mol. The van der Waals surface area contributed by atoms with Crippen LogP contribution in [0.1, 0.15) is 25.7 Å². The molecule has 2 aliphatic heterocycles. The highest BCUT2D eigenvalue weighted by molar-refractivity contribution is 7.89. The van der Waals surface area contributed by atoms with Gasteiger partial charge in [-0.15, -0.1) is 0 Å². The van der Waals surface area contributed by atoms with E-state index in [-0.39, 0.29) is 11.7 Å². The Balaban J connectivity index is 1.77. The van der Waals surface area contributed by atoms with Gasteiger partial charge < -0.3 is 9.64 Å². The molecule has 0 spiro atoms. The lowest BCUT2D eigenvalue weighted by atomic mass is 9.94. The summed E-state index contributed by atoms with van der Waals surface area (Å²) >= 11 is 0. The van der Waals surface area contributed by atoms with Crippen LogP contribution in [0.5, 0.6) is 0 Å². The third-order valence-corrected chi connectivity index (χ3v) is 6.47. The first-order chi connectivity index (χ1) is 9.47. The number of ether oxygens (including phenoxy) is 1. The lowest BCUT2D eigenvalue weighted by Gasteiger charge is -2.32. The Labute approximate surface area is 123 Å². The zero-order valence-corrected chi connectivity index (χ0v) is 13.6. The van der Waals surface area contributed by atoms with Gasteiger partial charge in [0.05, 0.1) is 12.4 Å². The van der Waals surface area contributed by atoms with Gasteiger partial charge in [0.15, 0.2) is 0 Å². The molecule has 6 heteroatoms. The molecule has 0 radical (unpaired) electrons. The van der Waals surface area contributed by atoms with Gasteiger partial charge in [-0.1, -0.05) is 0 Å². The third-order valence-electron chi connectivity index (χ3n) is 4.42. The molecule has 2 saturated heterocycles. The fourth-order valence-corrected chi connectivity index (χ4v) is 4.87. The van der Waals surface area contributed by atoms with E-state index in [0.717, 1.165) is 25.8 Å². The van der Waals surface area contributed by atoms with Crippen molar-refractivity contribution in [2.45, 2.75) is 25.7 Å². The smallest absolute Gasteiger partial charge is 0.214 e. The summed E-state index contributed by atoms with van der Waals surface area (Å²) in [4.78, 5) is 2.20. The van der Waals surface area contributed by atoms with E-state index in [1.807, 2.05) is 0 Å². The van der Waals surface area contributed by atoms with Crippen molar-refractivity contribution >= 4 is 10.0 Å². The van der Waals surface area contributed by atoms with E-state index >= 15 is 0 Å². The van der Waals surface area contributed by atoms with E-state index in [4.69, 9.17) is 4.74 Å². The summed E-state index contributed by atoms with van der Waals surface area (Å²) in [5.74, 6) is 1.15. The summed E-state index contributed by atoms with van der Waals surface area (Å²) in [6.45, 7) is 3.82. The van der Waals surface area contributed by atoms with Crippen molar-refractivity contribution in [2.24, 2.45) is 11.8 Å². The summed E-state index contributed by atoms with van der Waals surface area (Å²) in [7, 11) is 1.09. The second-order valence-electron chi connectivity index (χ2n) is 6.44. The van der Waals surface area contributed by atoms with E-state index in [9.17, 15) is 8.42 Å². The fraction of sp³-hybridized carbons (Fsp3) is 1.00. The van der Waals surface area contributed by atoms with Crippen molar-refractivity contribution in [3.63, 3.8) is 0 Å². The Bertz CT molecular complexity index is 383. The topological polar surface area (TPSA) is 49.9 Å². The maximum atomic E-state index is 12.4. The van der Waals surface area contributed by atoms with Crippen LogP contribution in [-0.4, -0.2) is 70.3 Å². The van der Waals surface area contributed by atoms with Crippen molar-refractivity contribution in [3.05, 3.63) is 0 Å². The Kier molecular flexibility index (Phi) is 5.84. The second-order valence-corrected chi connectivity index (χ2v) is 8.46. The van der Waals surface area contributed by atoms with Gasteiger partial charge in [-0.05, 0) is 58.2 Å². The molecule has 5 nitrogen and oxygen atoms in total.